The molecule has 5 rings (SSSR count). The van der Waals surface area contributed by atoms with Gasteiger partial charge in [0.2, 0.25) is 5.91 Å². The molecule has 0 spiro atoms. The maximum Gasteiger partial charge on any atom is 0.407 e. The third-order valence-corrected chi connectivity index (χ3v) is 8.55. The quantitative estimate of drug-likeness (QED) is 0.337. The lowest BCUT2D eigenvalue weighted by atomic mass is 10.1. The molecule has 1 fully saturated rings. The Hall–Kier alpha value is -2.60. The molecule has 3 N–H and O–H groups in total. The molecule has 11 heteroatoms. The van der Waals surface area contributed by atoms with Crippen LogP contribution in [0.2, 0.25) is 0 Å². The predicted octanol–water partition coefficient (Wildman–Crippen LogP) is 6.11. The number of nitrogens with one attached hydrogen (secondary N) is 3. The lowest BCUT2D eigenvalue weighted by Gasteiger charge is -2.14. The number of amides is 2. The first kappa shape index (κ1) is 28.0. The van der Waals surface area contributed by atoms with E-state index in [0.717, 1.165) is 37.2 Å². The first-order valence-corrected chi connectivity index (χ1v) is 14.3. The minimum atomic E-state index is -0.562. The van der Waals surface area contributed by atoms with Crippen molar-refractivity contribution in [1.82, 2.24) is 21.2 Å². The van der Waals surface area contributed by atoms with Crippen LogP contribution >= 0.6 is 38.6 Å². The topological polar surface area (TPSA) is 91.9 Å². The summed E-state index contributed by atoms with van der Waals surface area (Å²) in [4.78, 5) is 28.6. The summed E-state index contributed by atoms with van der Waals surface area (Å²) in [6.45, 7) is 5.90. The molecule has 4 heterocycles. The zero-order chi connectivity index (χ0) is 25.9. The van der Waals surface area contributed by atoms with E-state index in [2.05, 4.69) is 85.8 Å². The summed E-state index contributed by atoms with van der Waals surface area (Å²) in [6.07, 6.45) is 4.61. The van der Waals surface area contributed by atoms with Gasteiger partial charge in [-0.1, -0.05) is 44.5 Å². The van der Waals surface area contributed by atoms with Gasteiger partial charge in [0.1, 0.15) is 6.54 Å². The third kappa shape index (κ3) is 7.45. The molecule has 0 saturated carbocycles. The van der Waals surface area contributed by atoms with E-state index in [1.807, 2.05) is 0 Å². The van der Waals surface area contributed by atoms with Crippen molar-refractivity contribution in [3.63, 3.8) is 0 Å². The molecule has 1 saturated heterocycles. The second kappa shape index (κ2) is 14.2. The summed E-state index contributed by atoms with van der Waals surface area (Å²) in [6, 6.07) is 8.48. The molecule has 3 aromatic rings. The van der Waals surface area contributed by atoms with Crippen LogP contribution < -0.4 is 16.3 Å². The van der Waals surface area contributed by atoms with E-state index in [1.165, 1.54) is 38.5 Å². The molecule has 8 nitrogen and oxygen atoms in total. The number of fused-ring (bicyclic) bond motifs is 1. The van der Waals surface area contributed by atoms with Crippen molar-refractivity contribution in [3.05, 3.63) is 51.3 Å². The molecule has 36 heavy (non-hydrogen) atoms. The van der Waals surface area contributed by atoms with Crippen LogP contribution in [0.5, 0.6) is 0 Å². The highest BCUT2D eigenvalue weighted by atomic mass is 79.9. The molecule has 0 aliphatic carbocycles. The lowest BCUT2D eigenvalue weighted by molar-refractivity contribution is -0.129. The minimum Gasteiger partial charge on any atom is -0.453 e. The highest BCUT2D eigenvalue weighted by molar-refractivity contribution is 9.10. The Balaban J connectivity index is 0.000000196. The van der Waals surface area contributed by atoms with E-state index in [0.29, 0.717) is 0 Å². The van der Waals surface area contributed by atoms with Crippen molar-refractivity contribution >= 4 is 65.7 Å². The highest BCUT2D eigenvalue weighted by Crippen LogP contribution is 2.42. The SMILES string of the molecule is Brc1csc2c(-c3ccc(C4=CNON4)cc3)csc12.CCC.COC(=O)NCC(=O)N1CCCC1. The number of rotatable bonds is 4. The number of carbonyl (C=O) groups excluding carboxylic acids is 2. The van der Waals surface area contributed by atoms with Crippen LogP contribution in [0.1, 0.15) is 38.7 Å². The number of nitrogens with zero attached hydrogens (tertiary/aromatic N) is 1. The van der Waals surface area contributed by atoms with Gasteiger partial charge in [0.05, 0.1) is 28.4 Å². The summed E-state index contributed by atoms with van der Waals surface area (Å²) in [5.74, 6) is -0.0390. The van der Waals surface area contributed by atoms with Crippen LogP contribution in [0, 0.1) is 0 Å². The van der Waals surface area contributed by atoms with Gasteiger partial charge in [-0.15, -0.1) is 22.7 Å². The predicted molar refractivity (Wildman–Crippen MR) is 150 cm³/mol. The van der Waals surface area contributed by atoms with Crippen molar-refractivity contribution in [2.75, 3.05) is 26.7 Å². The molecule has 194 valence electrons. The fourth-order valence-electron chi connectivity index (χ4n) is 3.46. The standard InChI is InChI=1S/C14H9BrN2OS2.C8H14N2O3.C3H8/c15-11-7-20-13-10(6-19-14(11)13)8-1-3-9(4-2-8)12-5-16-18-17-12;1-13-8(12)9-6-7(11)10-4-2-3-5-10;1-3-2/h1-7,16-17H;2-6H2,1H3,(H,9,12);3H2,1-2H3. The number of methoxy groups -OCH3 is 1. The number of hydroxylamine groups is 2. The Morgan fingerprint density at radius 2 is 1.72 bits per heavy atom. The number of thiophene rings is 2. The van der Waals surface area contributed by atoms with Crippen molar-refractivity contribution in [2.45, 2.75) is 33.1 Å². The van der Waals surface area contributed by atoms with Crippen LogP contribution in [0.25, 0.3) is 26.2 Å². The Morgan fingerprint density at radius 3 is 2.33 bits per heavy atom. The molecule has 2 amide bonds. The van der Waals surface area contributed by atoms with Gasteiger partial charge in [-0.2, -0.15) is 4.94 Å². The normalized spacial score (nSPS) is 14.0. The van der Waals surface area contributed by atoms with E-state index in [-0.39, 0.29) is 12.5 Å². The van der Waals surface area contributed by atoms with Gasteiger partial charge in [0.25, 0.3) is 0 Å². The third-order valence-electron chi connectivity index (χ3n) is 5.20. The fourth-order valence-corrected chi connectivity index (χ4v) is 6.53. The average molecular weight is 596 g/mol. The first-order valence-electron chi connectivity index (χ1n) is 11.7. The van der Waals surface area contributed by atoms with Crippen molar-refractivity contribution in [3.8, 4) is 11.1 Å². The van der Waals surface area contributed by atoms with Crippen molar-refractivity contribution < 1.29 is 19.3 Å². The molecule has 0 radical (unpaired) electrons. The van der Waals surface area contributed by atoms with E-state index in [9.17, 15) is 9.59 Å². The van der Waals surface area contributed by atoms with Gasteiger partial charge in [-0.25, -0.2) is 15.8 Å². The van der Waals surface area contributed by atoms with Crippen LogP contribution in [-0.2, 0) is 14.5 Å². The van der Waals surface area contributed by atoms with E-state index >= 15 is 0 Å². The zero-order valence-electron chi connectivity index (χ0n) is 20.6. The maximum atomic E-state index is 11.3. The molecule has 2 aliphatic heterocycles. The largest absolute Gasteiger partial charge is 0.453 e. The summed E-state index contributed by atoms with van der Waals surface area (Å²) >= 11 is 7.16. The summed E-state index contributed by atoms with van der Waals surface area (Å²) in [7, 11) is 1.27. The Morgan fingerprint density at radius 1 is 1.08 bits per heavy atom. The fraction of sp³-hybridized carbons (Fsp3) is 0.360. The first-order chi connectivity index (χ1) is 17.5. The van der Waals surface area contributed by atoms with Gasteiger partial charge in [0.15, 0.2) is 0 Å². The number of halogens is 1. The van der Waals surface area contributed by atoms with Crippen molar-refractivity contribution in [2.24, 2.45) is 0 Å². The van der Waals surface area contributed by atoms with Gasteiger partial charge in [-0.3, -0.25) is 4.79 Å². The number of hydrogen-bond acceptors (Lipinski definition) is 8. The highest BCUT2D eigenvalue weighted by Gasteiger charge is 2.18. The molecule has 2 aliphatic rings. The number of benzene rings is 1. The van der Waals surface area contributed by atoms with Crippen LogP contribution in [0.3, 0.4) is 0 Å². The van der Waals surface area contributed by atoms with E-state index in [1.54, 1.807) is 33.8 Å². The molecular weight excluding hydrogens is 564 g/mol. The number of likely N-dealkylation sites (tertiary alicyclic amines) is 1. The second-order valence-electron chi connectivity index (χ2n) is 7.99. The van der Waals surface area contributed by atoms with Crippen LogP contribution in [0.15, 0.2) is 45.7 Å². The smallest absolute Gasteiger partial charge is 0.407 e. The molecular formula is C25H31BrN4O4S2. The Kier molecular flexibility index (Phi) is 11.1. The summed E-state index contributed by atoms with van der Waals surface area (Å²) in [5.41, 5.74) is 10.0. The number of hydrogen-bond donors (Lipinski definition) is 3. The molecule has 0 atom stereocenters. The Bertz CT molecular complexity index is 1170. The maximum absolute atomic E-state index is 11.3. The molecule has 0 unspecified atom stereocenters. The van der Waals surface area contributed by atoms with Crippen LogP contribution in [-0.4, -0.2) is 43.6 Å². The van der Waals surface area contributed by atoms with Gasteiger partial charge in [-0.05, 0) is 34.3 Å². The molecule has 1 aromatic carbocycles. The average Bonchev–Trinajstić information content (AvgIpc) is 3.70. The zero-order valence-corrected chi connectivity index (χ0v) is 23.8. The number of carbonyl (C=O) groups is 2. The number of alkyl carbamates (subject to hydrolysis) is 1. The van der Waals surface area contributed by atoms with E-state index in [4.69, 9.17) is 4.94 Å². The van der Waals surface area contributed by atoms with Gasteiger partial charge >= 0.3 is 6.09 Å². The minimum absolute atomic E-state index is 0.0344. The Labute approximate surface area is 227 Å². The molecule has 2 aromatic heterocycles. The summed E-state index contributed by atoms with van der Waals surface area (Å²) < 4.78 is 8.20. The lowest BCUT2D eigenvalue weighted by Crippen LogP contribution is -2.38. The van der Waals surface area contributed by atoms with Gasteiger partial charge in [0, 0.05) is 39.4 Å². The van der Waals surface area contributed by atoms with E-state index < -0.39 is 6.09 Å². The second-order valence-corrected chi connectivity index (χ2v) is 10.6. The van der Waals surface area contributed by atoms with Crippen LogP contribution in [0.4, 0.5) is 4.79 Å². The van der Waals surface area contributed by atoms with Gasteiger partial charge < -0.3 is 15.0 Å². The molecule has 0 bridgehead atoms. The monoisotopic (exact) mass is 594 g/mol. The number of ether oxygens (including phenoxy) is 1. The van der Waals surface area contributed by atoms with Crippen molar-refractivity contribution in [1.29, 1.82) is 0 Å². The summed E-state index contributed by atoms with van der Waals surface area (Å²) in [5, 5.41) is 6.73.